The van der Waals surface area contributed by atoms with Gasteiger partial charge in [0.05, 0.1) is 5.00 Å². The topological polar surface area (TPSA) is 29.3 Å². The molecule has 0 saturated carbocycles. The van der Waals surface area contributed by atoms with Gasteiger partial charge in [-0.15, -0.1) is 11.3 Å². The number of anilines is 1. The van der Waals surface area contributed by atoms with Gasteiger partial charge < -0.3 is 10.6 Å². The molecule has 2 N–H and O–H groups in total. The monoisotopic (exact) mass is 210 g/mol. The molecule has 0 spiro atoms. The van der Waals surface area contributed by atoms with Gasteiger partial charge in [0.25, 0.3) is 0 Å². The average molecular weight is 210 g/mol. The van der Waals surface area contributed by atoms with E-state index in [1.807, 2.05) is 6.92 Å². The van der Waals surface area contributed by atoms with Crippen molar-refractivity contribution < 1.29 is 0 Å². The molecule has 0 aliphatic heterocycles. The molecule has 1 atom stereocenters. The second kappa shape index (κ2) is 4.62. The SMILES string of the molecule is C/C(=C\c1ccc(N(C)C)s1)C(C)N. The second-order valence-electron chi connectivity index (χ2n) is 3.75. The van der Waals surface area contributed by atoms with Crippen LogP contribution in [0.15, 0.2) is 17.7 Å². The Morgan fingerprint density at radius 3 is 2.57 bits per heavy atom. The average Bonchev–Trinajstić information content (AvgIpc) is 2.52. The molecule has 3 heteroatoms. The summed E-state index contributed by atoms with van der Waals surface area (Å²) in [6.45, 7) is 4.08. The van der Waals surface area contributed by atoms with E-state index in [2.05, 4.69) is 44.1 Å². The molecule has 0 aromatic carbocycles. The third-order valence-corrected chi connectivity index (χ3v) is 3.34. The van der Waals surface area contributed by atoms with E-state index in [4.69, 9.17) is 5.73 Å². The van der Waals surface area contributed by atoms with Crippen molar-refractivity contribution in [3.05, 3.63) is 22.6 Å². The number of rotatable bonds is 3. The zero-order valence-electron chi connectivity index (χ0n) is 9.24. The minimum Gasteiger partial charge on any atom is -0.370 e. The normalized spacial score (nSPS) is 14.2. The molecule has 2 nitrogen and oxygen atoms in total. The van der Waals surface area contributed by atoms with Gasteiger partial charge in [-0.1, -0.05) is 5.57 Å². The maximum absolute atomic E-state index is 5.78. The van der Waals surface area contributed by atoms with Gasteiger partial charge in [0.2, 0.25) is 0 Å². The van der Waals surface area contributed by atoms with Gasteiger partial charge in [-0.25, -0.2) is 0 Å². The van der Waals surface area contributed by atoms with Gasteiger partial charge in [-0.3, -0.25) is 0 Å². The summed E-state index contributed by atoms with van der Waals surface area (Å²) in [5.74, 6) is 0. The van der Waals surface area contributed by atoms with Crippen molar-refractivity contribution in [3.63, 3.8) is 0 Å². The third-order valence-electron chi connectivity index (χ3n) is 2.14. The van der Waals surface area contributed by atoms with E-state index in [0.29, 0.717) is 0 Å². The van der Waals surface area contributed by atoms with Crippen molar-refractivity contribution in [1.29, 1.82) is 0 Å². The summed E-state index contributed by atoms with van der Waals surface area (Å²) in [5, 5.41) is 1.27. The maximum atomic E-state index is 5.78. The van der Waals surface area contributed by atoms with E-state index in [9.17, 15) is 0 Å². The van der Waals surface area contributed by atoms with Crippen molar-refractivity contribution in [1.82, 2.24) is 0 Å². The predicted molar refractivity (Wildman–Crippen MR) is 65.9 cm³/mol. The van der Waals surface area contributed by atoms with Gasteiger partial charge >= 0.3 is 0 Å². The fourth-order valence-corrected chi connectivity index (χ4v) is 1.96. The molecule has 0 saturated heterocycles. The van der Waals surface area contributed by atoms with Crippen LogP contribution in [0.4, 0.5) is 5.00 Å². The first kappa shape index (κ1) is 11.3. The Balaban J connectivity index is 2.83. The summed E-state index contributed by atoms with van der Waals surface area (Å²) < 4.78 is 0. The fraction of sp³-hybridized carbons (Fsp3) is 0.455. The van der Waals surface area contributed by atoms with E-state index >= 15 is 0 Å². The summed E-state index contributed by atoms with van der Waals surface area (Å²) >= 11 is 1.78. The molecule has 14 heavy (non-hydrogen) atoms. The van der Waals surface area contributed by atoms with Crippen LogP contribution in [-0.2, 0) is 0 Å². The lowest BCUT2D eigenvalue weighted by Gasteiger charge is -2.07. The van der Waals surface area contributed by atoms with Gasteiger partial charge in [0, 0.05) is 25.0 Å². The summed E-state index contributed by atoms with van der Waals surface area (Å²) in [6.07, 6.45) is 2.16. The van der Waals surface area contributed by atoms with Gasteiger partial charge in [-0.2, -0.15) is 0 Å². The number of nitrogens with zero attached hydrogens (tertiary/aromatic N) is 1. The van der Waals surface area contributed by atoms with Gasteiger partial charge in [-0.05, 0) is 32.1 Å². The smallest absolute Gasteiger partial charge is 0.0909 e. The highest BCUT2D eigenvalue weighted by Crippen LogP contribution is 2.26. The summed E-state index contributed by atoms with van der Waals surface area (Å²) in [4.78, 5) is 3.38. The Hall–Kier alpha value is -0.800. The molecule has 0 aliphatic carbocycles. The van der Waals surface area contributed by atoms with E-state index in [1.165, 1.54) is 15.5 Å². The lowest BCUT2D eigenvalue weighted by Crippen LogP contribution is -2.15. The zero-order valence-corrected chi connectivity index (χ0v) is 10.1. The molecule has 1 heterocycles. The Morgan fingerprint density at radius 2 is 2.14 bits per heavy atom. The molecule has 0 amide bonds. The summed E-state index contributed by atoms with van der Waals surface area (Å²) in [7, 11) is 4.11. The standard InChI is InChI=1S/C11H18N2S/c1-8(9(2)12)7-10-5-6-11(14-10)13(3)4/h5-7,9H,12H2,1-4H3/b8-7+. The van der Waals surface area contributed by atoms with Crippen LogP contribution < -0.4 is 10.6 Å². The number of thiophene rings is 1. The van der Waals surface area contributed by atoms with Crippen LogP contribution in [0.3, 0.4) is 0 Å². The molecular formula is C11H18N2S. The first-order valence-corrected chi connectivity index (χ1v) is 5.53. The van der Waals surface area contributed by atoms with E-state index in [1.54, 1.807) is 11.3 Å². The van der Waals surface area contributed by atoms with Crippen LogP contribution >= 0.6 is 11.3 Å². The molecule has 1 unspecified atom stereocenters. The number of hydrogen-bond donors (Lipinski definition) is 1. The second-order valence-corrected chi connectivity index (χ2v) is 4.84. The molecular weight excluding hydrogens is 192 g/mol. The van der Waals surface area contributed by atoms with Crippen molar-refractivity contribution in [2.75, 3.05) is 19.0 Å². The van der Waals surface area contributed by atoms with Crippen molar-refractivity contribution in [3.8, 4) is 0 Å². The molecule has 0 fully saturated rings. The van der Waals surface area contributed by atoms with Crippen LogP contribution in [0.25, 0.3) is 6.08 Å². The Morgan fingerprint density at radius 1 is 1.50 bits per heavy atom. The largest absolute Gasteiger partial charge is 0.370 e. The highest BCUT2D eigenvalue weighted by atomic mass is 32.1. The minimum atomic E-state index is 0.139. The molecule has 78 valence electrons. The maximum Gasteiger partial charge on any atom is 0.0909 e. The molecule has 0 aliphatic rings. The van der Waals surface area contributed by atoms with Crippen molar-refractivity contribution >= 4 is 22.4 Å². The molecule has 1 aromatic rings. The lowest BCUT2D eigenvalue weighted by atomic mass is 10.1. The third kappa shape index (κ3) is 2.86. The Kier molecular flexibility index (Phi) is 3.72. The number of nitrogens with two attached hydrogens (primary N) is 1. The van der Waals surface area contributed by atoms with Gasteiger partial charge in [0.1, 0.15) is 0 Å². The predicted octanol–water partition coefficient (Wildman–Crippen LogP) is 2.56. The quantitative estimate of drug-likeness (QED) is 0.831. The lowest BCUT2D eigenvalue weighted by molar-refractivity contribution is 0.868. The Labute approximate surface area is 90.0 Å². The van der Waals surface area contributed by atoms with Crippen molar-refractivity contribution in [2.24, 2.45) is 5.73 Å². The molecule has 1 aromatic heterocycles. The van der Waals surface area contributed by atoms with Crippen molar-refractivity contribution in [2.45, 2.75) is 19.9 Å². The Bertz CT molecular complexity index is 324. The highest BCUT2D eigenvalue weighted by molar-refractivity contribution is 7.16. The van der Waals surface area contributed by atoms with Crippen LogP contribution in [0.1, 0.15) is 18.7 Å². The van der Waals surface area contributed by atoms with E-state index < -0.39 is 0 Å². The van der Waals surface area contributed by atoms with Crippen LogP contribution in [-0.4, -0.2) is 20.1 Å². The zero-order chi connectivity index (χ0) is 10.7. The molecule has 1 rings (SSSR count). The van der Waals surface area contributed by atoms with Crippen LogP contribution in [0.2, 0.25) is 0 Å². The molecule has 0 radical (unpaired) electrons. The minimum absolute atomic E-state index is 0.139. The first-order valence-electron chi connectivity index (χ1n) is 4.71. The van der Waals surface area contributed by atoms with E-state index in [-0.39, 0.29) is 6.04 Å². The highest BCUT2D eigenvalue weighted by Gasteiger charge is 2.01. The van der Waals surface area contributed by atoms with Gasteiger partial charge in [0.15, 0.2) is 0 Å². The molecule has 0 bridgehead atoms. The number of hydrogen-bond acceptors (Lipinski definition) is 3. The van der Waals surface area contributed by atoms with Crippen LogP contribution in [0, 0.1) is 0 Å². The first-order chi connectivity index (χ1) is 6.50. The fourth-order valence-electron chi connectivity index (χ4n) is 1.02. The summed E-state index contributed by atoms with van der Waals surface area (Å²) in [5.41, 5.74) is 7.00. The summed E-state index contributed by atoms with van der Waals surface area (Å²) in [6, 6.07) is 4.40. The van der Waals surface area contributed by atoms with Crippen LogP contribution in [0.5, 0.6) is 0 Å². The van der Waals surface area contributed by atoms with E-state index in [0.717, 1.165) is 0 Å².